The third kappa shape index (κ3) is 5.69. The lowest BCUT2D eigenvalue weighted by Gasteiger charge is -2.15. The van der Waals surface area contributed by atoms with Crippen LogP contribution in [-0.4, -0.2) is 6.61 Å². The zero-order valence-electron chi connectivity index (χ0n) is 16.2. The van der Waals surface area contributed by atoms with Crippen molar-refractivity contribution in [3.05, 3.63) is 91.0 Å². The van der Waals surface area contributed by atoms with Gasteiger partial charge in [-0.15, -0.1) is 0 Å². The van der Waals surface area contributed by atoms with Gasteiger partial charge in [-0.05, 0) is 77.0 Å². The van der Waals surface area contributed by atoms with Crippen LogP contribution in [0.25, 0.3) is 11.6 Å². The first-order valence-electron chi connectivity index (χ1n) is 9.22. The first kappa shape index (κ1) is 22.5. The third-order valence-electron chi connectivity index (χ3n) is 4.25. The van der Waals surface area contributed by atoms with E-state index in [2.05, 4.69) is 28.7 Å². The average molecular weight is 550 g/mol. The molecule has 0 fully saturated rings. The van der Waals surface area contributed by atoms with Gasteiger partial charge in [-0.2, -0.15) is 5.26 Å². The maximum atomic E-state index is 9.62. The predicted octanol–water partition coefficient (Wildman–Crippen LogP) is 7.64. The van der Waals surface area contributed by atoms with E-state index in [0.29, 0.717) is 40.3 Å². The Labute approximate surface area is 200 Å². The molecule has 0 aliphatic heterocycles. The minimum absolute atomic E-state index is 0.332. The average Bonchev–Trinajstić information content (AvgIpc) is 2.73. The molecular weight excluding hydrogens is 532 g/mol. The molecule has 0 saturated carbocycles. The van der Waals surface area contributed by atoms with Crippen molar-refractivity contribution < 1.29 is 9.47 Å². The molecule has 0 radical (unpaired) electrons. The molecule has 0 bridgehead atoms. The summed E-state index contributed by atoms with van der Waals surface area (Å²) in [6.45, 7) is 2.74. The van der Waals surface area contributed by atoms with Crippen molar-refractivity contribution in [2.45, 2.75) is 13.5 Å². The van der Waals surface area contributed by atoms with E-state index in [9.17, 15) is 5.26 Å². The van der Waals surface area contributed by atoms with E-state index in [-0.39, 0.29) is 0 Å². The Hall–Kier alpha value is -2.20. The van der Waals surface area contributed by atoms with Gasteiger partial charge in [0.05, 0.1) is 21.8 Å². The molecule has 0 N–H and O–H groups in total. The van der Waals surface area contributed by atoms with Crippen molar-refractivity contribution in [3.63, 3.8) is 0 Å². The molecule has 3 aromatic rings. The van der Waals surface area contributed by atoms with Crippen LogP contribution < -0.4 is 9.47 Å². The fourth-order valence-electron chi connectivity index (χ4n) is 2.82. The van der Waals surface area contributed by atoms with E-state index in [1.807, 2.05) is 61.5 Å². The molecule has 3 nitrogen and oxygen atoms in total. The van der Waals surface area contributed by atoms with Gasteiger partial charge in [-0.1, -0.05) is 53.5 Å². The highest BCUT2D eigenvalue weighted by molar-refractivity contribution is 14.1. The van der Waals surface area contributed by atoms with E-state index in [0.717, 1.165) is 20.3 Å². The molecule has 3 rings (SSSR count). The van der Waals surface area contributed by atoms with Crippen molar-refractivity contribution in [2.75, 3.05) is 6.61 Å². The van der Waals surface area contributed by atoms with Crippen molar-refractivity contribution in [2.24, 2.45) is 0 Å². The second-order valence-electron chi connectivity index (χ2n) is 6.32. The highest BCUT2D eigenvalue weighted by Crippen LogP contribution is 2.36. The fraction of sp³-hybridized carbons (Fsp3) is 0.125. The van der Waals surface area contributed by atoms with Crippen LogP contribution in [0, 0.1) is 14.9 Å². The summed E-state index contributed by atoms with van der Waals surface area (Å²) in [5.74, 6) is 1.27. The van der Waals surface area contributed by atoms with Crippen LogP contribution in [-0.2, 0) is 6.61 Å². The zero-order chi connectivity index (χ0) is 21.5. The molecule has 6 heteroatoms. The summed E-state index contributed by atoms with van der Waals surface area (Å²) in [7, 11) is 0. The van der Waals surface area contributed by atoms with Gasteiger partial charge in [0.25, 0.3) is 0 Å². The first-order valence-corrected chi connectivity index (χ1v) is 11.1. The SMILES string of the molecule is CCOc1cc(/C=C(/C#N)c2ccc(Cl)cc2)cc(I)c1OCc1ccccc1Cl. The summed E-state index contributed by atoms with van der Waals surface area (Å²) < 4.78 is 12.8. The molecule has 0 saturated heterocycles. The van der Waals surface area contributed by atoms with Crippen molar-refractivity contribution in [1.82, 2.24) is 0 Å². The van der Waals surface area contributed by atoms with Gasteiger partial charge in [0.1, 0.15) is 6.61 Å². The van der Waals surface area contributed by atoms with E-state index in [4.69, 9.17) is 32.7 Å². The zero-order valence-corrected chi connectivity index (χ0v) is 19.8. The van der Waals surface area contributed by atoms with E-state index in [1.54, 1.807) is 12.1 Å². The molecule has 0 heterocycles. The number of benzene rings is 3. The summed E-state index contributed by atoms with van der Waals surface area (Å²) >= 11 is 14.4. The van der Waals surface area contributed by atoms with Gasteiger partial charge < -0.3 is 9.47 Å². The van der Waals surface area contributed by atoms with E-state index < -0.39 is 0 Å². The standard InChI is InChI=1S/C24H18Cl2INO2/c1-2-29-23-13-16(11-19(14-28)17-7-9-20(25)10-8-17)12-22(27)24(23)30-15-18-5-3-4-6-21(18)26/h3-13H,2,15H2,1H3/b19-11-. The summed E-state index contributed by atoms with van der Waals surface area (Å²) in [4.78, 5) is 0. The largest absolute Gasteiger partial charge is 0.490 e. The van der Waals surface area contributed by atoms with Gasteiger partial charge in [0, 0.05) is 15.6 Å². The number of ether oxygens (including phenoxy) is 2. The Morgan fingerprint density at radius 3 is 2.47 bits per heavy atom. The molecule has 30 heavy (non-hydrogen) atoms. The molecule has 152 valence electrons. The second-order valence-corrected chi connectivity index (χ2v) is 8.33. The Bertz CT molecular complexity index is 1110. The topological polar surface area (TPSA) is 42.2 Å². The second kappa shape index (κ2) is 10.7. The fourth-order valence-corrected chi connectivity index (χ4v) is 3.91. The Kier molecular flexibility index (Phi) is 8.03. The third-order valence-corrected chi connectivity index (χ3v) is 5.67. The Balaban J connectivity index is 1.93. The minimum Gasteiger partial charge on any atom is -0.490 e. The van der Waals surface area contributed by atoms with Gasteiger partial charge in [-0.25, -0.2) is 0 Å². The predicted molar refractivity (Wildman–Crippen MR) is 131 cm³/mol. The van der Waals surface area contributed by atoms with Crippen LogP contribution in [0.2, 0.25) is 10.0 Å². The monoisotopic (exact) mass is 549 g/mol. The van der Waals surface area contributed by atoms with Crippen LogP contribution >= 0.6 is 45.8 Å². The van der Waals surface area contributed by atoms with Crippen LogP contribution in [0.5, 0.6) is 11.5 Å². The lowest BCUT2D eigenvalue weighted by Crippen LogP contribution is -2.02. The minimum atomic E-state index is 0.332. The maximum absolute atomic E-state index is 9.62. The summed E-state index contributed by atoms with van der Waals surface area (Å²) in [5, 5.41) is 10.9. The molecule has 0 unspecified atom stereocenters. The molecule has 0 atom stereocenters. The van der Waals surface area contributed by atoms with E-state index in [1.165, 1.54) is 0 Å². The molecule has 0 aliphatic rings. The molecule has 0 amide bonds. The summed E-state index contributed by atoms with van der Waals surface area (Å²) in [6.07, 6.45) is 1.83. The number of rotatable bonds is 7. The van der Waals surface area contributed by atoms with Crippen LogP contribution in [0.4, 0.5) is 0 Å². The van der Waals surface area contributed by atoms with Crippen LogP contribution in [0.15, 0.2) is 60.7 Å². The van der Waals surface area contributed by atoms with E-state index >= 15 is 0 Å². The first-order chi connectivity index (χ1) is 14.5. The number of nitriles is 1. The highest BCUT2D eigenvalue weighted by atomic mass is 127. The lowest BCUT2D eigenvalue weighted by atomic mass is 10.0. The molecular formula is C24H18Cl2INO2. The van der Waals surface area contributed by atoms with Gasteiger partial charge >= 0.3 is 0 Å². The van der Waals surface area contributed by atoms with Crippen molar-refractivity contribution >= 4 is 57.4 Å². The smallest absolute Gasteiger partial charge is 0.175 e. The molecule has 0 aromatic heterocycles. The number of nitrogens with zero attached hydrogens (tertiary/aromatic N) is 1. The Morgan fingerprint density at radius 2 is 1.80 bits per heavy atom. The van der Waals surface area contributed by atoms with Crippen LogP contribution in [0.1, 0.15) is 23.6 Å². The number of halogens is 3. The number of allylic oxidation sites excluding steroid dienone is 1. The van der Waals surface area contributed by atoms with Gasteiger partial charge in [-0.3, -0.25) is 0 Å². The quantitative estimate of drug-likeness (QED) is 0.173. The Morgan fingerprint density at radius 1 is 1.07 bits per heavy atom. The van der Waals surface area contributed by atoms with Crippen molar-refractivity contribution in [1.29, 1.82) is 5.26 Å². The normalized spacial score (nSPS) is 11.1. The molecule has 0 spiro atoms. The maximum Gasteiger partial charge on any atom is 0.175 e. The van der Waals surface area contributed by atoms with Crippen molar-refractivity contribution in [3.8, 4) is 17.6 Å². The summed E-state index contributed by atoms with van der Waals surface area (Å²) in [5.41, 5.74) is 3.08. The summed E-state index contributed by atoms with van der Waals surface area (Å²) in [6, 6.07) is 20.8. The number of hydrogen-bond donors (Lipinski definition) is 0. The number of hydrogen-bond acceptors (Lipinski definition) is 3. The highest BCUT2D eigenvalue weighted by Gasteiger charge is 2.13. The lowest BCUT2D eigenvalue weighted by molar-refractivity contribution is 0.267. The van der Waals surface area contributed by atoms with Gasteiger partial charge in [0.15, 0.2) is 11.5 Å². The van der Waals surface area contributed by atoms with Crippen LogP contribution in [0.3, 0.4) is 0 Å². The molecule has 0 aliphatic carbocycles. The van der Waals surface area contributed by atoms with Gasteiger partial charge in [0.2, 0.25) is 0 Å². The molecule has 3 aromatic carbocycles.